The Hall–Kier alpha value is -13.8. The van der Waals surface area contributed by atoms with E-state index < -0.39 is 294 Å². The SMILES string of the molecule is CC(C)C[C@@H]1NC(=O)[C@H](Cc2c[nH]c3ccccc23)NC(=O)[C@H](CC(=O)O)NC(=O)[C@H](Cc2cc(F)c(F)c(F)c2)NC(=O)[C@H](Cc2ccccc2)NC(=O)CSC[C@@H](C(=O)N[C@@H](C)C(N)=O)NC(=O)[C@H](CO)NC(=O)[C@H](C(C)C)NC(=O)[C@H](CC(C)C)NC(=O)[C@H](CC(N)=O)NC(=O)CN(C)C(=O)[C@H](C)N(C)C(=O)[C@H](C(C)C)NC(=O)[C@H](Cc2ccc(-c3ccccc3)cc2)NC1=O. The van der Waals surface area contributed by atoms with Crippen LogP contribution in [0.25, 0.3) is 22.0 Å². The number of carbonyl (C=O) groups excluding carboxylic acids is 17. The standard InChI is InChI=1S/C92H119F3N18O20S/c1-46(2)31-62-80(121)104-65(36-53-27-29-56(30-28-53)55-23-17-14-18-24-55)87(128)111-78(49(7)8)92(133)113(12)51(10)91(132)112(11)42-73(116)100-68(39-72(96)115)84(125)103-63(32-47(3)4)86(127)110-77(48(5)6)90(131)108-70(43-114)88(129)109-71(89(130)99-50(9)79(97)120)44-134-45-74(117)101-64(35-52-21-15-13-16-22-52)81(122)105-66(37-54-33-59(93)76(95)60(94)34-54)82(123)107-69(40-75(118)119)85(126)106-67(83(124)102-62)38-57-41-98-61-26-20-19-25-58(57)61/h13-30,33-34,41,46-51,62-71,77-78,98,114H,31-32,35-40,42-45H2,1-12H3,(H2,96,115)(H2,97,120)(H,99,130)(H,100,116)(H,101,117)(H,102,124)(H,103,125)(H,104,121)(H,105,122)(H,106,126)(H,107,123)(H,108,131)(H,109,129)(H,110,127)(H,111,128)(H,118,119)/t50-,51-,62-,63-,64-,65-,66-,67-,68-,69-,70-,71-,77-,78-/m0/s1. The van der Waals surface area contributed by atoms with Crippen LogP contribution < -0.4 is 80.6 Å². The van der Waals surface area contributed by atoms with E-state index >= 15 is 37.5 Å². The number of amides is 17. The summed E-state index contributed by atoms with van der Waals surface area (Å²) in [5.41, 5.74) is 13.9. The number of benzene rings is 5. The Bertz CT molecular complexity index is 5200. The molecule has 17 amide bonds. The third-order valence-corrected chi connectivity index (χ3v) is 23.0. The fraction of sp³-hybridized carbons (Fsp3) is 0.457. The third-order valence-electron chi connectivity index (χ3n) is 21.9. The molecule has 1 aliphatic rings. The number of aromatic nitrogens is 1. The first-order chi connectivity index (χ1) is 63.2. The van der Waals surface area contributed by atoms with Gasteiger partial charge >= 0.3 is 5.97 Å². The topological polar surface area (TPSA) is 578 Å². The predicted molar refractivity (Wildman–Crippen MR) is 487 cm³/mol. The van der Waals surface area contributed by atoms with Crippen molar-refractivity contribution >= 4 is 129 Å². The highest BCUT2D eigenvalue weighted by atomic mass is 32.2. The Balaban J connectivity index is 1.32. The van der Waals surface area contributed by atoms with Crippen molar-refractivity contribution in [1.29, 1.82) is 0 Å². The highest BCUT2D eigenvalue weighted by Gasteiger charge is 2.41. The number of nitrogens with one attached hydrogen (secondary N) is 14. The second-order valence-corrected chi connectivity index (χ2v) is 35.5. The van der Waals surface area contributed by atoms with E-state index in [4.69, 9.17) is 11.5 Å². The minimum atomic E-state index is -2.24. The maximum Gasteiger partial charge on any atom is 0.305 e. The van der Waals surface area contributed by atoms with E-state index in [1.54, 1.807) is 108 Å². The molecule has 14 atom stereocenters. The molecule has 20 N–H and O–H groups in total. The van der Waals surface area contributed by atoms with E-state index in [2.05, 4.69) is 74.1 Å². The fourth-order valence-corrected chi connectivity index (χ4v) is 15.3. The number of aliphatic carboxylic acids is 1. The number of aliphatic hydroxyl groups excluding tert-OH is 1. The van der Waals surface area contributed by atoms with Crippen LogP contribution in [0.1, 0.15) is 117 Å². The molecular weight excluding hydrogens is 1770 g/mol. The van der Waals surface area contributed by atoms with E-state index in [0.717, 1.165) is 20.9 Å². The van der Waals surface area contributed by atoms with Gasteiger partial charge in [-0.2, -0.15) is 0 Å². The monoisotopic (exact) mass is 1880 g/mol. The van der Waals surface area contributed by atoms with Crippen molar-refractivity contribution in [3.8, 4) is 11.1 Å². The van der Waals surface area contributed by atoms with Gasteiger partial charge in [0.15, 0.2) is 17.5 Å². The van der Waals surface area contributed by atoms with Crippen LogP contribution >= 0.6 is 11.8 Å². The van der Waals surface area contributed by atoms with E-state index in [-0.39, 0.29) is 19.3 Å². The number of carboxylic acid groups (broad SMARTS) is 1. The number of halogens is 3. The number of aromatic amines is 1. The molecule has 1 fully saturated rings. The maximum absolute atomic E-state index is 15.4. The van der Waals surface area contributed by atoms with Crippen molar-refractivity contribution < 1.29 is 110 Å². The van der Waals surface area contributed by atoms with Gasteiger partial charge in [0.2, 0.25) is 100 Å². The molecule has 1 aliphatic heterocycles. The van der Waals surface area contributed by atoms with Gasteiger partial charge in [0.05, 0.1) is 31.7 Å². The minimum Gasteiger partial charge on any atom is -0.481 e. The van der Waals surface area contributed by atoms with Gasteiger partial charge in [0.25, 0.3) is 0 Å². The van der Waals surface area contributed by atoms with Gasteiger partial charge in [0, 0.05) is 62.6 Å². The molecule has 38 nitrogen and oxygen atoms in total. The van der Waals surface area contributed by atoms with E-state index in [1.165, 1.54) is 60.1 Å². The molecule has 7 rings (SSSR count). The number of hydrogen-bond acceptors (Lipinski definition) is 20. The Kier molecular flexibility index (Phi) is 40.6. The van der Waals surface area contributed by atoms with Gasteiger partial charge in [-0.05, 0) is 102 Å². The molecule has 0 bridgehead atoms. The summed E-state index contributed by atoms with van der Waals surface area (Å²) in [6, 6.07) is 7.60. The molecule has 42 heteroatoms. The number of likely N-dealkylation sites (N-methyl/N-ethyl adjacent to an activating group) is 2. The average molecular weight is 1890 g/mol. The molecule has 1 saturated heterocycles. The Labute approximate surface area is 776 Å². The van der Waals surface area contributed by atoms with Crippen molar-refractivity contribution in [2.24, 2.45) is 35.1 Å². The number of thioether (sulfide) groups is 1. The number of carbonyl (C=O) groups is 18. The lowest BCUT2D eigenvalue weighted by molar-refractivity contribution is -0.147. The average Bonchev–Trinajstić information content (AvgIpc) is 1.57. The van der Waals surface area contributed by atoms with Crippen LogP contribution in [0.5, 0.6) is 0 Å². The summed E-state index contributed by atoms with van der Waals surface area (Å²) in [6.45, 7) is 13.4. The number of carboxylic acids is 1. The van der Waals surface area contributed by atoms with Crippen molar-refractivity contribution in [3.05, 3.63) is 167 Å². The van der Waals surface area contributed by atoms with Crippen molar-refractivity contribution in [2.75, 3.05) is 38.8 Å². The quantitative estimate of drug-likeness (QED) is 0.0379. The number of nitrogens with two attached hydrogens (primary N) is 2. The van der Waals surface area contributed by atoms with E-state index in [1.807, 2.05) is 30.3 Å². The number of fused-ring (bicyclic) bond motifs is 1. The number of para-hydroxylation sites is 1. The van der Waals surface area contributed by atoms with E-state index in [0.29, 0.717) is 51.5 Å². The minimum absolute atomic E-state index is 0.153. The molecule has 0 unspecified atom stereocenters. The highest BCUT2D eigenvalue weighted by Crippen LogP contribution is 2.25. The van der Waals surface area contributed by atoms with Gasteiger partial charge in [-0.3, -0.25) is 86.3 Å². The van der Waals surface area contributed by atoms with Gasteiger partial charge in [-0.25, -0.2) is 13.2 Å². The first-order valence-corrected chi connectivity index (χ1v) is 44.7. The zero-order valence-electron chi connectivity index (χ0n) is 76.3. The first kappa shape index (κ1) is 107. The molecule has 0 aliphatic carbocycles. The lowest BCUT2D eigenvalue weighted by atomic mass is 9.97. The first-order valence-electron chi connectivity index (χ1n) is 43.5. The molecule has 2 heterocycles. The predicted octanol–water partition coefficient (Wildman–Crippen LogP) is 0.129. The summed E-state index contributed by atoms with van der Waals surface area (Å²) in [5.74, 6) is -29.6. The Morgan fingerprint density at radius 3 is 1.42 bits per heavy atom. The zero-order chi connectivity index (χ0) is 99.2. The second-order valence-electron chi connectivity index (χ2n) is 34.5. The van der Waals surface area contributed by atoms with Crippen LogP contribution in [-0.4, -0.2) is 255 Å². The zero-order valence-corrected chi connectivity index (χ0v) is 77.2. The molecule has 5 aromatic carbocycles. The van der Waals surface area contributed by atoms with Gasteiger partial charge < -0.3 is 106 Å². The fourth-order valence-electron chi connectivity index (χ4n) is 14.5. The number of nitrogens with zero attached hydrogens (tertiary/aromatic N) is 2. The summed E-state index contributed by atoms with van der Waals surface area (Å²) in [7, 11) is 2.43. The van der Waals surface area contributed by atoms with Crippen molar-refractivity contribution in [2.45, 2.75) is 205 Å². The van der Waals surface area contributed by atoms with Gasteiger partial charge in [0.1, 0.15) is 84.6 Å². The number of hydrogen-bond donors (Lipinski definition) is 18. The third kappa shape index (κ3) is 32.3. The number of H-pyrrole nitrogens is 1. The Morgan fingerprint density at radius 1 is 0.470 bits per heavy atom. The lowest BCUT2D eigenvalue weighted by Gasteiger charge is -2.33. The van der Waals surface area contributed by atoms with Crippen LogP contribution in [-0.2, 0) is 112 Å². The van der Waals surface area contributed by atoms with Crippen LogP contribution in [0.2, 0.25) is 0 Å². The van der Waals surface area contributed by atoms with Gasteiger partial charge in [-0.1, -0.05) is 159 Å². The number of primary amides is 2. The molecule has 6 aromatic rings. The number of aliphatic hydroxyl groups is 1. The Morgan fingerprint density at radius 2 is 0.896 bits per heavy atom. The molecule has 0 spiro atoms. The van der Waals surface area contributed by atoms with Crippen LogP contribution in [0.4, 0.5) is 13.2 Å². The normalized spacial score (nSPS) is 23.0. The lowest BCUT2D eigenvalue weighted by Crippen LogP contribution is -2.61. The van der Waals surface area contributed by atoms with Gasteiger partial charge in [-0.15, -0.1) is 11.8 Å². The largest absolute Gasteiger partial charge is 0.481 e. The summed E-state index contributed by atoms with van der Waals surface area (Å²) < 4.78 is 45.0. The van der Waals surface area contributed by atoms with Crippen LogP contribution in [0, 0.1) is 41.1 Å². The summed E-state index contributed by atoms with van der Waals surface area (Å²) in [6.07, 6.45) is -3.04. The molecule has 1 aromatic heterocycles. The maximum atomic E-state index is 15.4. The summed E-state index contributed by atoms with van der Waals surface area (Å²) >= 11 is 0.624. The second kappa shape index (κ2) is 50.7. The van der Waals surface area contributed by atoms with Crippen LogP contribution in [0.3, 0.4) is 0 Å². The molecular formula is C92H119F3N18O20S. The molecule has 0 radical (unpaired) electrons. The molecule has 724 valence electrons. The molecule has 0 saturated carbocycles. The molecule has 134 heavy (non-hydrogen) atoms. The summed E-state index contributed by atoms with van der Waals surface area (Å²) in [4.78, 5) is 263. The summed E-state index contributed by atoms with van der Waals surface area (Å²) in [5, 5.41) is 53.9. The smallest absolute Gasteiger partial charge is 0.305 e. The van der Waals surface area contributed by atoms with Crippen LogP contribution in [0.15, 0.2) is 128 Å². The number of rotatable bonds is 23. The van der Waals surface area contributed by atoms with Crippen molar-refractivity contribution in [1.82, 2.24) is 83.9 Å². The van der Waals surface area contributed by atoms with Crippen molar-refractivity contribution in [3.63, 3.8) is 0 Å². The highest BCUT2D eigenvalue weighted by molar-refractivity contribution is 8.00. The van der Waals surface area contributed by atoms with E-state index in [9.17, 15) is 72.1 Å².